The maximum absolute atomic E-state index is 12.4. The number of fused-ring (bicyclic) bond motifs is 1. The van der Waals surface area contributed by atoms with Gasteiger partial charge in [-0.1, -0.05) is 0 Å². The first kappa shape index (κ1) is 18.9. The van der Waals surface area contributed by atoms with Gasteiger partial charge in [-0.2, -0.15) is 10.2 Å². The lowest BCUT2D eigenvalue weighted by atomic mass is 9.91. The van der Waals surface area contributed by atoms with Crippen LogP contribution in [0.5, 0.6) is 0 Å². The van der Waals surface area contributed by atoms with E-state index in [1.54, 1.807) is 27.8 Å². The lowest BCUT2D eigenvalue weighted by molar-refractivity contribution is 0.301. The second kappa shape index (κ2) is 7.94. The molecule has 1 saturated carbocycles. The molecule has 0 amide bonds. The van der Waals surface area contributed by atoms with Crippen LogP contribution in [0.3, 0.4) is 0 Å². The van der Waals surface area contributed by atoms with Gasteiger partial charge >= 0.3 is 0 Å². The molecule has 0 bridgehead atoms. The molecule has 0 radical (unpaired) electrons. The zero-order chi connectivity index (χ0) is 20.5. The van der Waals surface area contributed by atoms with Gasteiger partial charge in [0.05, 0.1) is 11.7 Å². The van der Waals surface area contributed by atoms with E-state index in [0.29, 0.717) is 11.9 Å². The Morgan fingerprint density at radius 1 is 1.13 bits per heavy atom. The molecule has 30 heavy (non-hydrogen) atoms. The van der Waals surface area contributed by atoms with Crippen molar-refractivity contribution in [2.24, 2.45) is 0 Å². The molecule has 0 saturated heterocycles. The largest absolute Gasteiger partial charge is 0.366 e. The summed E-state index contributed by atoms with van der Waals surface area (Å²) >= 11 is 0. The Labute approximate surface area is 174 Å². The Kier molecular flexibility index (Phi) is 4.99. The van der Waals surface area contributed by atoms with E-state index in [1.165, 1.54) is 11.9 Å². The number of nitrogens with zero attached hydrogens (tertiary/aromatic N) is 8. The van der Waals surface area contributed by atoms with Gasteiger partial charge in [-0.05, 0) is 50.4 Å². The van der Waals surface area contributed by atoms with Crippen molar-refractivity contribution in [3.05, 3.63) is 52.5 Å². The molecular formula is C20H25N9O. The first-order valence-electron chi connectivity index (χ1n) is 10.4. The molecule has 10 heteroatoms. The molecule has 0 spiro atoms. The normalized spacial score (nSPS) is 21.9. The van der Waals surface area contributed by atoms with Gasteiger partial charge in [0, 0.05) is 31.6 Å². The molecule has 1 fully saturated rings. The average molecular weight is 407 g/mol. The SMILES string of the molecule is CN1CCc2nnc(NC3CCC(n4nc(-n5cncn5)ccc4=O)CC3)cc2C1. The number of hydrogen-bond acceptors (Lipinski definition) is 8. The molecule has 0 unspecified atom stereocenters. The summed E-state index contributed by atoms with van der Waals surface area (Å²) in [5, 5.41) is 21.0. The third kappa shape index (κ3) is 3.82. The Balaban J connectivity index is 1.25. The molecule has 3 aromatic rings. The van der Waals surface area contributed by atoms with Gasteiger partial charge in [0.2, 0.25) is 0 Å². The quantitative estimate of drug-likeness (QED) is 0.688. The second-order valence-corrected chi connectivity index (χ2v) is 8.15. The molecule has 0 atom stereocenters. The minimum atomic E-state index is -0.0834. The van der Waals surface area contributed by atoms with Crippen LogP contribution in [0.25, 0.3) is 5.82 Å². The molecular weight excluding hydrogens is 382 g/mol. The van der Waals surface area contributed by atoms with Crippen molar-refractivity contribution in [3.63, 3.8) is 0 Å². The first-order chi connectivity index (χ1) is 14.7. The van der Waals surface area contributed by atoms with Crippen LogP contribution in [-0.2, 0) is 13.0 Å². The lowest BCUT2D eigenvalue weighted by Gasteiger charge is -2.30. The van der Waals surface area contributed by atoms with Crippen molar-refractivity contribution in [1.29, 1.82) is 0 Å². The van der Waals surface area contributed by atoms with Crippen molar-refractivity contribution < 1.29 is 0 Å². The van der Waals surface area contributed by atoms with E-state index in [9.17, 15) is 4.79 Å². The maximum Gasteiger partial charge on any atom is 0.267 e. The van der Waals surface area contributed by atoms with Crippen LogP contribution in [0.2, 0.25) is 0 Å². The monoisotopic (exact) mass is 407 g/mol. The van der Waals surface area contributed by atoms with E-state index in [2.05, 4.69) is 48.7 Å². The summed E-state index contributed by atoms with van der Waals surface area (Å²) in [4.78, 5) is 18.6. The predicted molar refractivity (Wildman–Crippen MR) is 110 cm³/mol. The Morgan fingerprint density at radius 3 is 2.80 bits per heavy atom. The summed E-state index contributed by atoms with van der Waals surface area (Å²) in [6.45, 7) is 1.95. The summed E-state index contributed by atoms with van der Waals surface area (Å²) in [7, 11) is 2.13. The molecule has 1 aliphatic carbocycles. The van der Waals surface area contributed by atoms with Crippen LogP contribution >= 0.6 is 0 Å². The number of rotatable bonds is 4. The Morgan fingerprint density at radius 2 is 2.00 bits per heavy atom. The number of anilines is 1. The standard InChI is InChI=1S/C20H25N9O/c1-27-9-8-17-14(11-27)10-18(25-24-17)23-15-2-4-16(5-3-15)29-20(30)7-6-19(26-29)28-13-21-12-22-28/h6-7,10,12-13,15-16H,2-5,8-9,11H2,1H3,(H,23,25). The molecule has 10 nitrogen and oxygen atoms in total. The molecule has 156 valence electrons. The van der Waals surface area contributed by atoms with Gasteiger partial charge in [-0.15, -0.1) is 10.2 Å². The molecule has 3 aromatic heterocycles. The third-order valence-electron chi connectivity index (χ3n) is 5.99. The summed E-state index contributed by atoms with van der Waals surface area (Å²) < 4.78 is 3.16. The predicted octanol–water partition coefficient (Wildman–Crippen LogP) is 1.20. The van der Waals surface area contributed by atoms with Crippen LogP contribution in [0.15, 0.2) is 35.6 Å². The second-order valence-electron chi connectivity index (χ2n) is 8.15. The topological polar surface area (TPSA) is 107 Å². The van der Waals surface area contributed by atoms with Crippen LogP contribution in [0, 0.1) is 0 Å². The first-order valence-corrected chi connectivity index (χ1v) is 10.4. The van der Waals surface area contributed by atoms with Crippen molar-refractivity contribution in [2.75, 3.05) is 18.9 Å². The fourth-order valence-corrected chi connectivity index (χ4v) is 4.34. The zero-order valence-electron chi connectivity index (χ0n) is 17.0. The molecule has 1 N–H and O–H groups in total. The van der Waals surface area contributed by atoms with Gasteiger partial charge in [0.1, 0.15) is 18.5 Å². The number of hydrogen-bond donors (Lipinski definition) is 1. The minimum absolute atomic E-state index is 0.0834. The zero-order valence-corrected chi connectivity index (χ0v) is 17.0. The Bertz CT molecular complexity index is 1070. The van der Waals surface area contributed by atoms with Crippen LogP contribution in [-0.4, -0.2) is 59.3 Å². The molecule has 1 aliphatic heterocycles. The average Bonchev–Trinajstić information content (AvgIpc) is 3.29. The number of aromatic nitrogens is 7. The Hall–Kier alpha value is -3.14. The fourth-order valence-electron chi connectivity index (χ4n) is 4.34. The van der Waals surface area contributed by atoms with Crippen LogP contribution < -0.4 is 10.9 Å². The number of nitrogens with one attached hydrogen (secondary N) is 1. The smallest absolute Gasteiger partial charge is 0.267 e. The van der Waals surface area contributed by atoms with Gasteiger partial charge in [-0.3, -0.25) is 4.79 Å². The minimum Gasteiger partial charge on any atom is -0.366 e. The molecule has 5 rings (SSSR count). The summed E-state index contributed by atoms with van der Waals surface area (Å²) in [6, 6.07) is 5.77. The van der Waals surface area contributed by atoms with Gasteiger partial charge < -0.3 is 10.2 Å². The summed E-state index contributed by atoms with van der Waals surface area (Å²) in [5.41, 5.74) is 2.29. The highest BCUT2D eigenvalue weighted by molar-refractivity contribution is 5.40. The molecule has 2 aliphatic rings. The van der Waals surface area contributed by atoms with E-state index in [0.717, 1.165) is 56.7 Å². The summed E-state index contributed by atoms with van der Waals surface area (Å²) in [6.07, 6.45) is 7.65. The fraction of sp³-hybridized carbons (Fsp3) is 0.500. The van der Waals surface area contributed by atoms with E-state index in [1.807, 2.05) is 0 Å². The van der Waals surface area contributed by atoms with E-state index >= 15 is 0 Å². The van der Waals surface area contributed by atoms with Crippen molar-refractivity contribution in [1.82, 2.24) is 39.6 Å². The van der Waals surface area contributed by atoms with E-state index in [-0.39, 0.29) is 11.6 Å². The van der Waals surface area contributed by atoms with Crippen LogP contribution in [0.1, 0.15) is 43.0 Å². The molecule has 0 aromatic carbocycles. The maximum atomic E-state index is 12.4. The van der Waals surface area contributed by atoms with Crippen molar-refractivity contribution in [3.8, 4) is 5.82 Å². The molecule has 4 heterocycles. The van der Waals surface area contributed by atoms with E-state index in [4.69, 9.17) is 0 Å². The van der Waals surface area contributed by atoms with Gasteiger partial charge in [0.15, 0.2) is 5.82 Å². The van der Waals surface area contributed by atoms with Gasteiger partial charge in [-0.25, -0.2) is 14.3 Å². The van der Waals surface area contributed by atoms with Crippen molar-refractivity contribution in [2.45, 2.75) is 50.7 Å². The van der Waals surface area contributed by atoms with Crippen molar-refractivity contribution >= 4 is 5.82 Å². The van der Waals surface area contributed by atoms with Crippen LogP contribution in [0.4, 0.5) is 5.82 Å². The van der Waals surface area contributed by atoms with E-state index < -0.39 is 0 Å². The summed E-state index contributed by atoms with van der Waals surface area (Å²) in [5.74, 6) is 1.44. The number of likely N-dealkylation sites (N-methyl/N-ethyl adjacent to an activating group) is 1. The highest BCUT2D eigenvalue weighted by atomic mass is 16.1. The van der Waals surface area contributed by atoms with Gasteiger partial charge in [0.25, 0.3) is 5.56 Å². The third-order valence-corrected chi connectivity index (χ3v) is 5.99. The lowest BCUT2D eigenvalue weighted by Crippen LogP contribution is -2.34. The highest BCUT2D eigenvalue weighted by Crippen LogP contribution is 2.29. The highest BCUT2D eigenvalue weighted by Gasteiger charge is 2.25.